The van der Waals surface area contributed by atoms with Gasteiger partial charge in [0.25, 0.3) is 7.82 Å². The van der Waals surface area contributed by atoms with Crippen molar-refractivity contribution in [2.75, 3.05) is 39.6 Å². The van der Waals surface area contributed by atoms with Gasteiger partial charge in [-0.05, 0) is 32.1 Å². The van der Waals surface area contributed by atoms with E-state index in [9.17, 15) is 14.6 Å². The van der Waals surface area contributed by atoms with Gasteiger partial charge in [-0.1, -0.05) is 97.3 Å². The molecule has 0 amide bonds. The van der Waals surface area contributed by atoms with Crippen molar-refractivity contribution in [3.63, 3.8) is 0 Å². The number of unbranched alkanes of at least 4 members (excludes halogenated alkanes) is 14. The molecule has 0 aliphatic heterocycles. The standard InChI is InChI=1S/C28H59O8P/c1-3-5-6-7-8-9-10-11-12-13-14-15-16-18-22-33-25-28(26-36-37(31,32)35-21-4-2)34-23-19-17-20-27(30)24-29/h27-30H,3-26H2,1-2H3,(H,31,32)/p-1. The highest BCUT2D eigenvalue weighted by molar-refractivity contribution is 7.45. The van der Waals surface area contributed by atoms with E-state index in [1.807, 2.05) is 6.92 Å². The van der Waals surface area contributed by atoms with Crippen molar-refractivity contribution >= 4 is 7.82 Å². The molecule has 0 aromatic carbocycles. The summed E-state index contributed by atoms with van der Waals surface area (Å²) in [5, 5.41) is 18.3. The molecular weight excluding hydrogens is 495 g/mol. The van der Waals surface area contributed by atoms with Gasteiger partial charge in [0.05, 0.1) is 32.5 Å². The minimum atomic E-state index is -4.35. The van der Waals surface area contributed by atoms with E-state index in [4.69, 9.17) is 23.6 Å². The molecular formula is C28H58O8P-. The van der Waals surface area contributed by atoms with E-state index in [1.165, 1.54) is 77.0 Å². The van der Waals surface area contributed by atoms with Crippen molar-refractivity contribution in [2.45, 2.75) is 142 Å². The third kappa shape index (κ3) is 27.3. The van der Waals surface area contributed by atoms with E-state index in [0.717, 1.165) is 12.8 Å². The summed E-state index contributed by atoms with van der Waals surface area (Å²) < 4.78 is 33.1. The first-order valence-electron chi connectivity index (χ1n) is 15.0. The Morgan fingerprint density at radius 2 is 1.22 bits per heavy atom. The van der Waals surface area contributed by atoms with Crippen LogP contribution < -0.4 is 4.89 Å². The number of aliphatic hydroxyl groups excluding tert-OH is 2. The second-order valence-corrected chi connectivity index (χ2v) is 11.5. The predicted octanol–water partition coefficient (Wildman–Crippen LogP) is 6.30. The van der Waals surface area contributed by atoms with Gasteiger partial charge in [-0.2, -0.15) is 0 Å². The van der Waals surface area contributed by atoms with Crippen molar-refractivity contribution in [2.24, 2.45) is 0 Å². The Morgan fingerprint density at radius 3 is 1.76 bits per heavy atom. The molecule has 0 aromatic heterocycles. The van der Waals surface area contributed by atoms with Crippen LogP contribution in [0.25, 0.3) is 0 Å². The summed E-state index contributed by atoms with van der Waals surface area (Å²) in [5.41, 5.74) is 0. The lowest BCUT2D eigenvalue weighted by Crippen LogP contribution is -2.27. The zero-order valence-corrected chi connectivity index (χ0v) is 24.8. The van der Waals surface area contributed by atoms with E-state index < -0.39 is 20.0 Å². The third-order valence-corrected chi connectivity index (χ3v) is 7.28. The second kappa shape index (κ2) is 27.5. The molecule has 2 N–H and O–H groups in total. The number of hydrogen-bond acceptors (Lipinski definition) is 8. The fourth-order valence-corrected chi connectivity index (χ4v) is 4.83. The molecule has 3 unspecified atom stereocenters. The van der Waals surface area contributed by atoms with Gasteiger partial charge >= 0.3 is 0 Å². The molecule has 224 valence electrons. The van der Waals surface area contributed by atoms with Crippen LogP contribution >= 0.6 is 7.82 Å². The highest BCUT2D eigenvalue weighted by Crippen LogP contribution is 2.38. The lowest BCUT2D eigenvalue weighted by atomic mass is 10.0. The maximum Gasteiger partial charge on any atom is 0.267 e. The Kier molecular flexibility index (Phi) is 27.5. The molecule has 0 aliphatic rings. The Bertz CT molecular complexity index is 509. The first-order valence-corrected chi connectivity index (χ1v) is 16.5. The molecule has 37 heavy (non-hydrogen) atoms. The quantitative estimate of drug-likeness (QED) is 0.0785. The third-order valence-electron chi connectivity index (χ3n) is 6.31. The maximum absolute atomic E-state index is 11.8. The molecule has 0 fully saturated rings. The first-order chi connectivity index (χ1) is 17.9. The van der Waals surface area contributed by atoms with Crippen molar-refractivity contribution in [3.05, 3.63) is 0 Å². The number of rotatable bonds is 30. The topological polar surface area (TPSA) is 118 Å². The van der Waals surface area contributed by atoms with Crippen LogP contribution in [-0.4, -0.2) is 62.1 Å². The van der Waals surface area contributed by atoms with E-state index >= 15 is 0 Å². The smallest absolute Gasteiger partial charge is 0.267 e. The van der Waals surface area contributed by atoms with Crippen LogP contribution in [0.15, 0.2) is 0 Å². The fourth-order valence-electron chi connectivity index (χ4n) is 4.00. The van der Waals surface area contributed by atoms with E-state index in [1.54, 1.807) is 0 Å². The number of aliphatic hydroxyl groups is 2. The van der Waals surface area contributed by atoms with E-state index in [0.29, 0.717) is 38.9 Å². The van der Waals surface area contributed by atoms with Gasteiger partial charge in [0.2, 0.25) is 0 Å². The van der Waals surface area contributed by atoms with Crippen molar-refractivity contribution < 1.29 is 38.2 Å². The summed E-state index contributed by atoms with van der Waals surface area (Å²) in [4.78, 5) is 11.8. The van der Waals surface area contributed by atoms with Crippen molar-refractivity contribution in [3.8, 4) is 0 Å². The minimum Gasteiger partial charge on any atom is -0.756 e. The predicted molar refractivity (Wildman–Crippen MR) is 148 cm³/mol. The van der Waals surface area contributed by atoms with E-state index in [-0.39, 0.29) is 26.4 Å². The minimum absolute atomic E-state index is 0.0924. The Balaban J connectivity index is 3.89. The SMILES string of the molecule is CCCCCCCCCCCCCCCCOCC(COP(=O)([O-])OCCC)OCCCCC(O)CO. The molecule has 0 heterocycles. The number of phosphoric ester groups is 1. The van der Waals surface area contributed by atoms with Gasteiger partial charge < -0.3 is 33.6 Å². The van der Waals surface area contributed by atoms with Gasteiger partial charge in [0, 0.05) is 13.2 Å². The van der Waals surface area contributed by atoms with E-state index in [2.05, 4.69) is 6.92 Å². The number of ether oxygens (including phenoxy) is 2. The molecule has 0 saturated carbocycles. The summed E-state index contributed by atoms with van der Waals surface area (Å²) in [7, 11) is -4.35. The Hall–Kier alpha value is -0.0500. The zero-order valence-electron chi connectivity index (χ0n) is 23.9. The lowest BCUT2D eigenvalue weighted by molar-refractivity contribution is -0.228. The summed E-state index contributed by atoms with van der Waals surface area (Å²) in [5.74, 6) is 0. The number of phosphoric acid groups is 1. The molecule has 0 rings (SSSR count). The monoisotopic (exact) mass is 553 g/mol. The van der Waals surface area contributed by atoms with Crippen molar-refractivity contribution in [1.82, 2.24) is 0 Å². The molecule has 8 nitrogen and oxygen atoms in total. The maximum atomic E-state index is 11.8. The molecule has 0 aromatic rings. The molecule has 9 heteroatoms. The van der Waals surface area contributed by atoms with Crippen LogP contribution in [0.2, 0.25) is 0 Å². The van der Waals surface area contributed by atoms with Crippen LogP contribution in [0.1, 0.15) is 129 Å². The molecule has 0 radical (unpaired) electrons. The average molecular weight is 554 g/mol. The van der Waals surface area contributed by atoms with Crippen LogP contribution in [0.5, 0.6) is 0 Å². The lowest BCUT2D eigenvalue weighted by Gasteiger charge is -2.25. The molecule has 0 bridgehead atoms. The van der Waals surface area contributed by atoms with Gasteiger partial charge in [0.15, 0.2) is 0 Å². The normalized spacial score (nSPS) is 15.1. The molecule has 0 aliphatic carbocycles. The van der Waals surface area contributed by atoms with Gasteiger partial charge in [-0.3, -0.25) is 4.57 Å². The second-order valence-electron chi connectivity index (χ2n) is 10.1. The van der Waals surface area contributed by atoms with Crippen LogP contribution in [-0.2, 0) is 23.1 Å². The molecule has 0 saturated heterocycles. The highest BCUT2D eigenvalue weighted by Gasteiger charge is 2.16. The van der Waals surface area contributed by atoms with Crippen LogP contribution in [0.4, 0.5) is 0 Å². The van der Waals surface area contributed by atoms with Gasteiger partial charge in [-0.15, -0.1) is 0 Å². The van der Waals surface area contributed by atoms with Crippen LogP contribution in [0.3, 0.4) is 0 Å². The van der Waals surface area contributed by atoms with Gasteiger partial charge in [-0.25, -0.2) is 0 Å². The number of hydrogen-bond donors (Lipinski definition) is 2. The largest absolute Gasteiger partial charge is 0.756 e. The van der Waals surface area contributed by atoms with Crippen LogP contribution in [0, 0.1) is 0 Å². The fraction of sp³-hybridized carbons (Fsp3) is 1.00. The van der Waals surface area contributed by atoms with Gasteiger partial charge in [0.1, 0.15) is 6.10 Å². The summed E-state index contributed by atoms with van der Waals surface area (Å²) >= 11 is 0. The van der Waals surface area contributed by atoms with Crippen molar-refractivity contribution in [1.29, 1.82) is 0 Å². The Morgan fingerprint density at radius 1 is 0.676 bits per heavy atom. The highest BCUT2D eigenvalue weighted by atomic mass is 31.2. The summed E-state index contributed by atoms with van der Waals surface area (Å²) in [6, 6.07) is 0. The first kappa shape index (κ1) is 37.0. The molecule has 3 atom stereocenters. The Labute approximate surface area is 227 Å². The zero-order chi connectivity index (χ0) is 27.5. The molecule has 0 spiro atoms. The summed E-state index contributed by atoms with van der Waals surface area (Å²) in [6.07, 6.45) is 19.5. The summed E-state index contributed by atoms with van der Waals surface area (Å²) in [6.45, 7) is 5.04. The average Bonchev–Trinajstić information content (AvgIpc) is 2.89.